The van der Waals surface area contributed by atoms with Crippen LogP contribution in [0.1, 0.15) is 43.4 Å². The molecule has 0 spiro atoms. The molecule has 0 radical (unpaired) electrons. The van der Waals surface area contributed by atoms with Gasteiger partial charge in [0, 0.05) is 18.8 Å². The number of aliphatic hydroxyl groups is 1. The van der Waals surface area contributed by atoms with Crippen molar-refractivity contribution in [2.75, 3.05) is 25.0 Å². The Hall–Kier alpha value is -1.84. The van der Waals surface area contributed by atoms with Crippen LogP contribution in [-0.2, 0) is 6.54 Å². The first kappa shape index (κ1) is 18.0. The van der Waals surface area contributed by atoms with Crippen LogP contribution < -0.4 is 5.32 Å². The molecular weight excluding hydrogens is 308 g/mol. The van der Waals surface area contributed by atoms with Crippen LogP contribution in [0.3, 0.4) is 0 Å². The van der Waals surface area contributed by atoms with Gasteiger partial charge >= 0.3 is 0 Å². The number of benzene rings is 2. The molecule has 134 valence electrons. The first-order valence-corrected chi connectivity index (χ1v) is 9.52. The molecule has 1 heterocycles. The highest BCUT2D eigenvalue weighted by Crippen LogP contribution is 2.27. The maximum atomic E-state index is 9.32. The number of nitrogens with zero attached hydrogens (tertiary/aromatic N) is 1. The summed E-state index contributed by atoms with van der Waals surface area (Å²) in [7, 11) is 0. The Labute approximate surface area is 151 Å². The molecule has 3 rings (SSSR count). The Morgan fingerprint density at radius 2 is 1.72 bits per heavy atom. The van der Waals surface area contributed by atoms with Gasteiger partial charge in [-0.05, 0) is 55.5 Å². The number of nitrogens with one attached hydrogen (secondary N) is 1. The molecule has 0 saturated carbocycles. The van der Waals surface area contributed by atoms with Gasteiger partial charge in [0.15, 0.2) is 0 Å². The van der Waals surface area contributed by atoms with Gasteiger partial charge in [0.25, 0.3) is 0 Å². The molecule has 0 bridgehead atoms. The van der Waals surface area contributed by atoms with E-state index in [9.17, 15) is 5.11 Å². The summed E-state index contributed by atoms with van der Waals surface area (Å²) in [5.74, 6) is 0.493. The van der Waals surface area contributed by atoms with Crippen molar-refractivity contribution in [3.63, 3.8) is 0 Å². The molecule has 1 unspecified atom stereocenters. The van der Waals surface area contributed by atoms with Crippen molar-refractivity contribution in [2.24, 2.45) is 5.92 Å². The zero-order chi connectivity index (χ0) is 17.5. The molecule has 3 heteroatoms. The molecule has 0 amide bonds. The molecule has 1 atom stereocenters. The number of likely N-dealkylation sites (tertiary alicyclic amines) is 1. The van der Waals surface area contributed by atoms with Crippen LogP contribution in [0.15, 0.2) is 54.6 Å². The topological polar surface area (TPSA) is 35.5 Å². The Bertz CT molecular complexity index is 635. The molecular formula is C22H30N2O. The standard InChI is InChI=1S/C22H30N2O/c1-2-21(19-8-4-3-5-9-19)23-22-11-7-6-10-20(22)16-24-14-12-18(17-25)13-15-24/h3-11,18,21,23,25H,2,12-17H2,1H3. The third kappa shape index (κ3) is 4.83. The highest BCUT2D eigenvalue weighted by atomic mass is 16.3. The second-order valence-electron chi connectivity index (χ2n) is 7.08. The molecule has 2 aromatic rings. The molecule has 1 aliphatic rings. The fourth-order valence-electron chi connectivity index (χ4n) is 3.66. The Balaban J connectivity index is 1.68. The van der Waals surface area contributed by atoms with E-state index in [0.717, 1.165) is 38.9 Å². The molecule has 2 N–H and O–H groups in total. The van der Waals surface area contributed by atoms with E-state index in [-0.39, 0.29) is 0 Å². The summed E-state index contributed by atoms with van der Waals surface area (Å²) in [6, 6.07) is 19.7. The summed E-state index contributed by atoms with van der Waals surface area (Å²) in [6.07, 6.45) is 3.27. The van der Waals surface area contributed by atoms with Gasteiger partial charge in [-0.1, -0.05) is 55.5 Å². The lowest BCUT2D eigenvalue weighted by molar-refractivity contribution is 0.127. The lowest BCUT2D eigenvalue weighted by Crippen LogP contribution is -2.34. The summed E-state index contributed by atoms with van der Waals surface area (Å²) in [5.41, 5.74) is 3.94. The monoisotopic (exact) mass is 338 g/mol. The number of hydrogen-bond donors (Lipinski definition) is 2. The van der Waals surface area contributed by atoms with Gasteiger partial charge in [0.05, 0.1) is 6.04 Å². The van der Waals surface area contributed by atoms with E-state index in [2.05, 4.69) is 71.7 Å². The second kappa shape index (κ2) is 9.02. The number of piperidine rings is 1. The highest BCUT2D eigenvalue weighted by molar-refractivity contribution is 5.52. The fraction of sp³-hybridized carbons (Fsp3) is 0.455. The molecule has 3 nitrogen and oxygen atoms in total. The largest absolute Gasteiger partial charge is 0.396 e. The molecule has 25 heavy (non-hydrogen) atoms. The smallest absolute Gasteiger partial charge is 0.0511 e. The summed E-state index contributed by atoms with van der Waals surface area (Å²) in [6.45, 7) is 5.70. The van der Waals surface area contributed by atoms with Gasteiger partial charge in [-0.25, -0.2) is 0 Å². The normalized spacial score (nSPS) is 17.4. The van der Waals surface area contributed by atoms with E-state index in [1.807, 2.05) is 0 Å². The van der Waals surface area contributed by atoms with E-state index in [0.29, 0.717) is 18.6 Å². The minimum absolute atomic E-state index is 0.335. The SMILES string of the molecule is CCC(Nc1ccccc1CN1CCC(CO)CC1)c1ccccc1. The number of hydrogen-bond acceptors (Lipinski definition) is 3. The van der Waals surface area contributed by atoms with Gasteiger partial charge < -0.3 is 10.4 Å². The van der Waals surface area contributed by atoms with Crippen LogP contribution in [-0.4, -0.2) is 29.7 Å². The average Bonchev–Trinajstić information content (AvgIpc) is 2.68. The molecule has 0 aliphatic carbocycles. The predicted molar refractivity (Wildman–Crippen MR) is 105 cm³/mol. The van der Waals surface area contributed by atoms with Crippen molar-refractivity contribution in [3.05, 3.63) is 65.7 Å². The van der Waals surface area contributed by atoms with Gasteiger partial charge in [-0.15, -0.1) is 0 Å². The van der Waals surface area contributed by atoms with E-state index in [1.54, 1.807) is 0 Å². The van der Waals surface area contributed by atoms with Crippen molar-refractivity contribution < 1.29 is 5.11 Å². The number of rotatable bonds is 7. The zero-order valence-electron chi connectivity index (χ0n) is 15.2. The molecule has 0 aromatic heterocycles. The summed E-state index contributed by atoms with van der Waals surface area (Å²) >= 11 is 0. The summed E-state index contributed by atoms with van der Waals surface area (Å²) < 4.78 is 0. The van der Waals surface area contributed by atoms with E-state index in [1.165, 1.54) is 16.8 Å². The number of para-hydroxylation sites is 1. The van der Waals surface area contributed by atoms with Crippen molar-refractivity contribution in [3.8, 4) is 0 Å². The molecule has 2 aromatic carbocycles. The minimum Gasteiger partial charge on any atom is -0.396 e. The van der Waals surface area contributed by atoms with Crippen molar-refractivity contribution in [1.82, 2.24) is 4.90 Å². The number of aliphatic hydroxyl groups excluding tert-OH is 1. The fourth-order valence-corrected chi connectivity index (χ4v) is 3.66. The van der Waals surface area contributed by atoms with Crippen LogP contribution in [0.2, 0.25) is 0 Å². The Morgan fingerprint density at radius 1 is 1.04 bits per heavy atom. The zero-order valence-corrected chi connectivity index (χ0v) is 15.2. The summed E-state index contributed by atoms with van der Waals surface area (Å²) in [4.78, 5) is 2.51. The first-order valence-electron chi connectivity index (χ1n) is 9.52. The average molecular weight is 338 g/mol. The van der Waals surface area contributed by atoms with Gasteiger partial charge in [0.2, 0.25) is 0 Å². The lowest BCUT2D eigenvalue weighted by Gasteiger charge is -2.32. The van der Waals surface area contributed by atoms with Crippen molar-refractivity contribution >= 4 is 5.69 Å². The third-order valence-corrected chi connectivity index (χ3v) is 5.32. The minimum atomic E-state index is 0.335. The molecule has 1 aliphatic heterocycles. The van der Waals surface area contributed by atoms with Crippen molar-refractivity contribution in [1.29, 1.82) is 0 Å². The van der Waals surface area contributed by atoms with Gasteiger partial charge in [-0.3, -0.25) is 4.90 Å². The van der Waals surface area contributed by atoms with Gasteiger partial charge in [0.1, 0.15) is 0 Å². The van der Waals surface area contributed by atoms with Gasteiger partial charge in [-0.2, -0.15) is 0 Å². The molecule has 1 fully saturated rings. The lowest BCUT2D eigenvalue weighted by atomic mass is 9.97. The highest BCUT2D eigenvalue weighted by Gasteiger charge is 2.19. The quantitative estimate of drug-likeness (QED) is 0.783. The van der Waals surface area contributed by atoms with Crippen LogP contribution in [0, 0.1) is 5.92 Å². The predicted octanol–water partition coefficient (Wildman–Crippen LogP) is 4.45. The van der Waals surface area contributed by atoms with E-state index >= 15 is 0 Å². The third-order valence-electron chi connectivity index (χ3n) is 5.32. The van der Waals surface area contributed by atoms with Crippen LogP contribution in [0.4, 0.5) is 5.69 Å². The molecule has 1 saturated heterocycles. The maximum Gasteiger partial charge on any atom is 0.0511 e. The second-order valence-corrected chi connectivity index (χ2v) is 7.08. The Kier molecular flexibility index (Phi) is 6.48. The summed E-state index contributed by atoms with van der Waals surface area (Å²) in [5, 5.41) is 13.1. The maximum absolute atomic E-state index is 9.32. The van der Waals surface area contributed by atoms with Crippen LogP contribution in [0.25, 0.3) is 0 Å². The van der Waals surface area contributed by atoms with Crippen LogP contribution >= 0.6 is 0 Å². The van der Waals surface area contributed by atoms with E-state index in [4.69, 9.17) is 0 Å². The number of anilines is 1. The van der Waals surface area contributed by atoms with Crippen molar-refractivity contribution in [2.45, 2.75) is 38.8 Å². The Morgan fingerprint density at radius 3 is 2.40 bits per heavy atom. The van der Waals surface area contributed by atoms with E-state index < -0.39 is 0 Å². The van der Waals surface area contributed by atoms with Crippen LogP contribution in [0.5, 0.6) is 0 Å². The first-order chi connectivity index (χ1) is 12.3.